The Hall–Kier alpha value is -7.56. The second-order valence-electron chi connectivity index (χ2n) is 16.2. The molecule has 2 unspecified atom stereocenters. The van der Waals surface area contributed by atoms with E-state index in [1.54, 1.807) is 12.1 Å². The third kappa shape index (κ3) is 5.45. The molecule has 0 saturated carbocycles. The van der Waals surface area contributed by atoms with Crippen LogP contribution in [0.1, 0.15) is 57.2 Å². The third-order valence-corrected chi connectivity index (χ3v) is 12.8. The maximum absolute atomic E-state index is 10.6. The van der Waals surface area contributed by atoms with Gasteiger partial charge in [-0.2, -0.15) is 0 Å². The Morgan fingerprint density at radius 3 is 1.47 bits per heavy atom. The summed E-state index contributed by atoms with van der Waals surface area (Å²) in [5.41, 5.74) is 14.0. The van der Waals surface area contributed by atoms with Crippen LogP contribution in [0.15, 0.2) is 188 Å². The molecule has 0 spiro atoms. The Bertz CT molecular complexity index is 3200. The topological polar surface area (TPSA) is 58.9 Å². The smallest absolute Gasteiger partial charge is 0.132 e. The monoisotopic (exact) mass is 774 g/mol. The molecule has 4 heteroatoms. The minimum atomic E-state index is -0.136. The van der Waals surface area contributed by atoms with Gasteiger partial charge in [-0.05, 0) is 115 Å². The Labute approximate surface area is 347 Å². The van der Waals surface area contributed by atoms with Gasteiger partial charge in [0.1, 0.15) is 34.5 Å². The van der Waals surface area contributed by atoms with E-state index in [0.717, 1.165) is 68.5 Å². The Balaban J connectivity index is 1.08. The molecule has 0 radical (unpaired) electrons. The molecular formula is C56H38O4. The van der Waals surface area contributed by atoms with Gasteiger partial charge < -0.3 is 19.7 Å². The normalized spacial score (nSPS) is 16.2. The molecule has 60 heavy (non-hydrogen) atoms. The standard InChI is InChI=1S/C56H38O4/c57-41-21-23-43-39(31-41)19-27-47-53(43)51(37-15-11-35(12-16-37)33-7-3-1-4-8-33)55-45-25-30-50-56(46(45)26-29-49(55)59-47)52(38-17-13-36(14-18-38)34-9-5-2-6-10-34)54-44-24-22-42(58)32-40(44)20-28-48(54)60-50/h1-25,27-28,30-32,51-52,57-58H,26,29H2. The van der Waals surface area contributed by atoms with Crippen LogP contribution in [0.5, 0.6) is 28.7 Å². The number of hydrogen-bond donors (Lipinski definition) is 2. The van der Waals surface area contributed by atoms with Crippen LogP contribution in [-0.4, -0.2) is 10.2 Å². The van der Waals surface area contributed by atoms with Gasteiger partial charge in [0.15, 0.2) is 0 Å². The summed E-state index contributed by atoms with van der Waals surface area (Å²) in [7, 11) is 0. The first-order valence-corrected chi connectivity index (χ1v) is 20.6. The van der Waals surface area contributed by atoms with Crippen molar-refractivity contribution in [2.45, 2.75) is 24.7 Å². The van der Waals surface area contributed by atoms with Gasteiger partial charge >= 0.3 is 0 Å². The molecule has 1 aliphatic carbocycles. The predicted molar refractivity (Wildman–Crippen MR) is 240 cm³/mol. The number of rotatable bonds is 4. The van der Waals surface area contributed by atoms with Crippen LogP contribution in [0.25, 0.3) is 49.4 Å². The highest BCUT2D eigenvalue weighted by atomic mass is 16.5. The zero-order chi connectivity index (χ0) is 39.9. The molecule has 12 rings (SSSR count). The van der Waals surface area contributed by atoms with Crippen LogP contribution in [0.3, 0.4) is 0 Å². The molecule has 2 atom stereocenters. The van der Waals surface area contributed by atoms with Crippen molar-refractivity contribution in [1.29, 1.82) is 0 Å². The van der Waals surface area contributed by atoms with Gasteiger partial charge in [-0.15, -0.1) is 0 Å². The fraction of sp³-hybridized carbons (Fsp3) is 0.0714. The summed E-state index contributed by atoms with van der Waals surface area (Å²) >= 11 is 0. The van der Waals surface area contributed by atoms with E-state index in [-0.39, 0.29) is 23.3 Å². The molecule has 2 heterocycles. The van der Waals surface area contributed by atoms with Gasteiger partial charge in [-0.25, -0.2) is 0 Å². The quantitative estimate of drug-likeness (QED) is 0.187. The van der Waals surface area contributed by atoms with Gasteiger partial charge in [0.25, 0.3) is 0 Å². The number of allylic oxidation sites excluding steroid dienone is 2. The molecule has 4 nitrogen and oxygen atoms in total. The minimum absolute atomic E-state index is 0.136. The van der Waals surface area contributed by atoms with Gasteiger partial charge in [0.2, 0.25) is 0 Å². The van der Waals surface area contributed by atoms with E-state index >= 15 is 0 Å². The van der Waals surface area contributed by atoms with Crippen LogP contribution >= 0.6 is 0 Å². The molecule has 9 aromatic rings. The van der Waals surface area contributed by atoms with E-state index in [1.807, 2.05) is 42.5 Å². The van der Waals surface area contributed by atoms with E-state index in [2.05, 4.69) is 127 Å². The lowest BCUT2D eigenvalue weighted by atomic mass is 9.70. The number of hydrogen-bond acceptors (Lipinski definition) is 4. The van der Waals surface area contributed by atoms with Crippen LogP contribution in [0.4, 0.5) is 0 Å². The fourth-order valence-corrected chi connectivity index (χ4v) is 10.1. The summed E-state index contributed by atoms with van der Waals surface area (Å²) in [6.07, 6.45) is 1.52. The zero-order valence-electron chi connectivity index (χ0n) is 32.6. The highest BCUT2D eigenvalue weighted by Gasteiger charge is 2.40. The Morgan fingerprint density at radius 1 is 0.400 bits per heavy atom. The maximum atomic E-state index is 10.6. The molecule has 9 aromatic carbocycles. The number of phenols is 2. The van der Waals surface area contributed by atoms with Crippen molar-refractivity contribution in [3.8, 4) is 51.0 Å². The number of ether oxygens (including phenoxy) is 2. The summed E-state index contributed by atoms with van der Waals surface area (Å²) in [6, 6.07) is 63.0. The average molecular weight is 775 g/mol. The second kappa shape index (κ2) is 13.5. The molecule has 2 N–H and O–H groups in total. The molecule has 2 aliphatic heterocycles. The van der Waals surface area contributed by atoms with Gasteiger partial charge in [0.05, 0.1) is 0 Å². The zero-order valence-corrected chi connectivity index (χ0v) is 32.6. The summed E-state index contributed by atoms with van der Waals surface area (Å²) in [4.78, 5) is 0. The van der Waals surface area contributed by atoms with Crippen LogP contribution < -0.4 is 9.47 Å². The SMILES string of the molecule is Oc1ccc2c3c(ccc2c1)OC1=C(c2ccc4c(c2CC1)C(c1ccc(-c2ccccc2)cc1)c1c(ccc2cc(O)ccc12)O4)C3c1ccc(-c2ccccc2)cc1. The lowest BCUT2D eigenvalue weighted by Gasteiger charge is -2.39. The molecule has 286 valence electrons. The van der Waals surface area contributed by atoms with Crippen molar-refractivity contribution in [2.75, 3.05) is 0 Å². The van der Waals surface area contributed by atoms with Crippen LogP contribution in [0.2, 0.25) is 0 Å². The molecule has 0 fully saturated rings. The minimum Gasteiger partial charge on any atom is -0.508 e. The Kier molecular flexibility index (Phi) is 7.76. The van der Waals surface area contributed by atoms with Crippen molar-refractivity contribution < 1.29 is 19.7 Å². The molecular weight excluding hydrogens is 737 g/mol. The van der Waals surface area contributed by atoms with Crippen molar-refractivity contribution >= 4 is 27.1 Å². The fourth-order valence-electron chi connectivity index (χ4n) is 10.1. The molecule has 0 bridgehead atoms. The highest BCUT2D eigenvalue weighted by Crippen LogP contribution is 2.58. The number of aromatic hydroxyl groups is 2. The summed E-state index contributed by atoms with van der Waals surface area (Å²) < 4.78 is 13.9. The predicted octanol–water partition coefficient (Wildman–Crippen LogP) is 13.9. The highest BCUT2D eigenvalue weighted by molar-refractivity contribution is 5.96. The summed E-state index contributed by atoms with van der Waals surface area (Å²) in [5, 5.41) is 25.2. The summed E-state index contributed by atoms with van der Waals surface area (Å²) in [5.74, 6) is 3.75. The van der Waals surface area contributed by atoms with Crippen molar-refractivity contribution in [2.24, 2.45) is 0 Å². The lowest BCUT2D eigenvalue weighted by molar-refractivity contribution is 0.386. The molecule has 0 saturated heterocycles. The molecule has 0 aromatic heterocycles. The first kappa shape index (κ1) is 34.5. The van der Waals surface area contributed by atoms with E-state index in [1.165, 1.54) is 55.6 Å². The average Bonchev–Trinajstić information content (AvgIpc) is 3.30. The second-order valence-corrected chi connectivity index (χ2v) is 16.2. The van der Waals surface area contributed by atoms with Gasteiger partial charge in [-0.1, -0.05) is 140 Å². The Morgan fingerprint density at radius 2 is 0.883 bits per heavy atom. The lowest BCUT2D eigenvalue weighted by Crippen LogP contribution is -2.23. The number of benzene rings is 9. The van der Waals surface area contributed by atoms with Crippen molar-refractivity contribution in [3.05, 3.63) is 227 Å². The largest absolute Gasteiger partial charge is 0.508 e. The summed E-state index contributed by atoms with van der Waals surface area (Å²) in [6.45, 7) is 0. The van der Waals surface area contributed by atoms with Crippen molar-refractivity contribution in [1.82, 2.24) is 0 Å². The van der Waals surface area contributed by atoms with Gasteiger partial charge in [-0.3, -0.25) is 0 Å². The van der Waals surface area contributed by atoms with E-state index in [0.29, 0.717) is 0 Å². The first-order valence-electron chi connectivity index (χ1n) is 20.6. The van der Waals surface area contributed by atoms with E-state index in [4.69, 9.17) is 9.47 Å². The maximum Gasteiger partial charge on any atom is 0.132 e. The van der Waals surface area contributed by atoms with Crippen LogP contribution in [0, 0.1) is 0 Å². The third-order valence-electron chi connectivity index (χ3n) is 12.8. The van der Waals surface area contributed by atoms with E-state index in [9.17, 15) is 10.2 Å². The van der Waals surface area contributed by atoms with E-state index < -0.39 is 0 Å². The number of fused-ring (bicyclic) bond motifs is 10. The van der Waals surface area contributed by atoms with Crippen molar-refractivity contribution in [3.63, 3.8) is 0 Å². The molecule has 0 amide bonds. The first-order chi connectivity index (χ1) is 29.6. The molecule has 3 aliphatic rings. The van der Waals surface area contributed by atoms with Gasteiger partial charge in [0, 0.05) is 40.5 Å². The van der Waals surface area contributed by atoms with Crippen LogP contribution in [-0.2, 0) is 6.42 Å². The number of phenolic OH excluding ortho intramolecular Hbond substituents is 2.